The maximum Gasteiger partial charge on any atom is 0.0380 e. The number of hydrogen-bond acceptors (Lipinski definition) is 3. The molecule has 0 spiro atoms. The van der Waals surface area contributed by atoms with Crippen LogP contribution in [0.5, 0.6) is 0 Å². The van der Waals surface area contributed by atoms with Crippen LogP contribution >= 0.6 is 11.8 Å². The van der Waals surface area contributed by atoms with Crippen molar-refractivity contribution in [1.82, 2.24) is 0 Å². The zero-order valence-electron chi connectivity index (χ0n) is 10.7. The average Bonchev–Trinajstić information content (AvgIpc) is 2.33. The molecule has 0 aliphatic heterocycles. The Hall–Kier alpha value is -0.830. The first kappa shape index (κ1) is 12.6. The molecule has 1 aliphatic rings. The molecule has 0 aromatic heterocycles. The summed E-state index contributed by atoms with van der Waals surface area (Å²) in [5.41, 5.74) is 9.11. The fourth-order valence-corrected chi connectivity index (χ4v) is 3.53. The lowest BCUT2D eigenvalue weighted by atomic mass is 9.94. The molecular weight excluding hydrogens is 228 g/mol. The molecule has 0 heterocycles. The van der Waals surface area contributed by atoms with Crippen LogP contribution in [0.1, 0.15) is 31.2 Å². The van der Waals surface area contributed by atoms with Gasteiger partial charge in [-0.25, -0.2) is 0 Å². The summed E-state index contributed by atoms with van der Waals surface area (Å²) in [6.07, 6.45) is 7.58. The molecule has 0 bridgehead atoms. The summed E-state index contributed by atoms with van der Waals surface area (Å²) in [7, 11) is 0. The molecule has 0 saturated heterocycles. The molecule has 2 atom stereocenters. The van der Waals surface area contributed by atoms with Crippen molar-refractivity contribution in [2.45, 2.75) is 43.9 Å². The highest BCUT2D eigenvalue weighted by molar-refractivity contribution is 7.99. The second-order valence-corrected chi connectivity index (χ2v) is 5.96. The van der Waals surface area contributed by atoms with Gasteiger partial charge < -0.3 is 11.1 Å². The van der Waals surface area contributed by atoms with Crippen molar-refractivity contribution in [3.8, 4) is 0 Å². The van der Waals surface area contributed by atoms with E-state index < -0.39 is 0 Å². The van der Waals surface area contributed by atoms with Crippen molar-refractivity contribution < 1.29 is 0 Å². The molecule has 17 heavy (non-hydrogen) atoms. The summed E-state index contributed by atoms with van der Waals surface area (Å²) < 4.78 is 0. The van der Waals surface area contributed by atoms with Crippen LogP contribution in [0, 0.1) is 6.92 Å². The fraction of sp³-hybridized carbons (Fsp3) is 0.571. The standard InChI is InChI=1S/C14H22N2S/c1-10-9-11(15)7-8-12(10)16-13-5-3-4-6-14(13)17-2/h7-9,13-14,16H,3-6,15H2,1-2H3. The van der Waals surface area contributed by atoms with Crippen LogP contribution in [0.15, 0.2) is 18.2 Å². The van der Waals surface area contributed by atoms with Gasteiger partial charge in [-0.2, -0.15) is 11.8 Å². The van der Waals surface area contributed by atoms with E-state index in [0.29, 0.717) is 6.04 Å². The van der Waals surface area contributed by atoms with E-state index in [0.717, 1.165) is 10.9 Å². The van der Waals surface area contributed by atoms with Crippen LogP contribution in [0.25, 0.3) is 0 Å². The summed E-state index contributed by atoms with van der Waals surface area (Å²) >= 11 is 1.99. The second kappa shape index (κ2) is 5.67. The first-order valence-corrected chi connectivity index (χ1v) is 7.65. The molecule has 94 valence electrons. The molecule has 2 unspecified atom stereocenters. The number of nitrogens with two attached hydrogens (primary N) is 1. The normalized spacial score (nSPS) is 24.6. The number of rotatable bonds is 3. The van der Waals surface area contributed by atoms with Crippen molar-refractivity contribution in [2.75, 3.05) is 17.3 Å². The molecule has 3 heteroatoms. The van der Waals surface area contributed by atoms with Gasteiger partial charge in [-0.15, -0.1) is 0 Å². The van der Waals surface area contributed by atoms with Gasteiger partial charge in [0, 0.05) is 22.7 Å². The van der Waals surface area contributed by atoms with Crippen molar-refractivity contribution in [2.24, 2.45) is 0 Å². The highest BCUT2D eigenvalue weighted by Gasteiger charge is 2.24. The monoisotopic (exact) mass is 250 g/mol. The third-order valence-electron chi connectivity index (χ3n) is 3.60. The Bertz CT molecular complexity index is 378. The Morgan fingerprint density at radius 2 is 2.06 bits per heavy atom. The molecular formula is C14H22N2S. The third kappa shape index (κ3) is 3.09. The van der Waals surface area contributed by atoms with Gasteiger partial charge >= 0.3 is 0 Å². The van der Waals surface area contributed by atoms with Crippen LogP contribution in [0.4, 0.5) is 11.4 Å². The number of hydrogen-bond donors (Lipinski definition) is 2. The van der Waals surface area contributed by atoms with Gasteiger partial charge in [0.05, 0.1) is 0 Å². The summed E-state index contributed by atoms with van der Waals surface area (Å²) in [6.45, 7) is 2.12. The molecule has 3 N–H and O–H groups in total. The maximum atomic E-state index is 5.78. The Balaban J connectivity index is 2.08. The van der Waals surface area contributed by atoms with E-state index in [2.05, 4.69) is 24.6 Å². The van der Waals surface area contributed by atoms with Gasteiger partial charge in [0.25, 0.3) is 0 Å². The zero-order chi connectivity index (χ0) is 12.3. The molecule has 1 aromatic carbocycles. The van der Waals surface area contributed by atoms with Crippen LogP contribution < -0.4 is 11.1 Å². The SMILES string of the molecule is CSC1CCCCC1Nc1ccc(N)cc1C. The predicted molar refractivity (Wildman–Crippen MR) is 78.8 cm³/mol. The maximum absolute atomic E-state index is 5.78. The Kier molecular flexibility index (Phi) is 4.21. The number of thioether (sulfide) groups is 1. The molecule has 1 aliphatic carbocycles. The predicted octanol–water partition coefficient (Wildman–Crippen LogP) is 3.66. The molecule has 1 fully saturated rings. The summed E-state index contributed by atoms with van der Waals surface area (Å²) in [4.78, 5) is 0. The molecule has 1 saturated carbocycles. The van der Waals surface area contributed by atoms with Gasteiger partial charge in [0.2, 0.25) is 0 Å². The molecule has 1 aromatic rings. The van der Waals surface area contributed by atoms with Crippen molar-refractivity contribution in [3.63, 3.8) is 0 Å². The van der Waals surface area contributed by atoms with E-state index in [9.17, 15) is 0 Å². The molecule has 2 nitrogen and oxygen atoms in total. The number of benzene rings is 1. The van der Waals surface area contributed by atoms with E-state index in [1.54, 1.807) is 0 Å². The molecule has 2 rings (SSSR count). The minimum absolute atomic E-state index is 0.612. The smallest absolute Gasteiger partial charge is 0.0380 e. The molecule has 0 amide bonds. The lowest BCUT2D eigenvalue weighted by molar-refractivity contribution is 0.475. The highest BCUT2D eigenvalue weighted by atomic mass is 32.2. The largest absolute Gasteiger partial charge is 0.399 e. The van der Waals surface area contributed by atoms with Gasteiger partial charge in [-0.1, -0.05) is 12.8 Å². The van der Waals surface area contributed by atoms with Gasteiger partial charge in [0.1, 0.15) is 0 Å². The lowest BCUT2D eigenvalue weighted by Gasteiger charge is -2.32. The van der Waals surface area contributed by atoms with E-state index in [-0.39, 0.29) is 0 Å². The van der Waals surface area contributed by atoms with Gasteiger partial charge in [-0.05, 0) is 49.8 Å². The summed E-state index contributed by atoms with van der Waals surface area (Å²) in [6, 6.07) is 6.74. The molecule has 0 radical (unpaired) electrons. The quantitative estimate of drug-likeness (QED) is 0.804. The Morgan fingerprint density at radius 1 is 1.29 bits per heavy atom. The van der Waals surface area contributed by atoms with Gasteiger partial charge in [-0.3, -0.25) is 0 Å². The van der Waals surface area contributed by atoms with Gasteiger partial charge in [0.15, 0.2) is 0 Å². The van der Waals surface area contributed by atoms with E-state index in [1.807, 2.05) is 23.9 Å². The van der Waals surface area contributed by atoms with Crippen molar-refractivity contribution in [1.29, 1.82) is 0 Å². The number of nitrogen functional groups attached to an aromatic ring is 1. The average molecular weight is 250 g/mol. The zero-order valence-corrected chi connectivity index (χ0v) is 11.5. The first-order chi connectivity index (χ1) is 8.20. The van der Waals surface area contributed by atoms with Crippen molar-refractivity contribution >= 4 is 23.1 Å². The van der Waals surface area contributed by atoms with Crippen molar-refractivity contribution in [3.05, 3.63) is 23.8 Å². The summed E-state index contributed by atoms with van der Waals surface area (Å²) in [5.74, 6) is 0. The van der Waals surface area contributed by atoms with Crippen LogP contribution in [-0.4, -0.2) is 17.5 Å². The minimum Gasteiger partial charge on any atom is -0.399 e. The Morgan fingerprint density at radius 3 is 2.76 bits per heavy atom. The highest BCUT2D eigenvalue weighted by Crippen LogP contribution is 2.30. The number of anilines is 2. The fourth-order valence-electron chi connectivity index (χ4n) is 2.59. The Labute approximate surface area is 108 Å². The van der Waals surface area contributed by atoms with Crippen LogP contribution in [0.2, 0.25) is 0 Å². The van der Waals surface area contributed by atoms with Crippen LogP contribution in [0.3, 0.4) is 0 Å². The lowest BCUT2D eigenvalue weighted by Crippen LogP contribution is -2.34. The first-order valence-electron chi connectivity index (χ1n) is 6.36. The van der Waals surface area contributed by atoms with Crippen LogP contribution in [-0.2, 0) is 0 Å². The third-order valence-corrected chi connectivity index (χ3v) is 4.77. The summed E-state index contributed by atoms with van der Waals surface area (Å²) in [5, 5.41) is 4.45. The topological polar surface area (TPSA) is 38.0 Å². The minimum atomic E-state index is 0.612. The number of aryl methyl sites for hydroxylation is 1. The van der Waals surface area contributed by atoms with E-state index >= 15 is 0 Å². The second-order valence-electron chi connectivity index (χ2n) is 4.88. The van der Waals surface area contributed by atoms with E-state index in [4.69, 9.17) is 5.73 Å². The van der Waals surface area contributed by atoms with E-state index in [1.165, 1.54) is 36.9 Å². The number of nitrogens with one attached hydrogen (secondary N) is 1.